The molecule has 32 heavy (non-hydrogen) atoms. The molecule has 0 radical (unpaired) electrons. The first kappa shape index (κ1) is 23.1. The van der Waals surface area contributed by atoms with Crippen molar-refractivity contribution in [2.75, 3.05) is 25.4 Å². The molecule has 1 aliphatic rings. The summed E-state index contributed by atoms with van der Waals surface area (Å²) in [5.41, 5.74) is 0.591. The summed E-state index contributed by atoms with van der Waals surface area (Å²) < 4.78 is 38.8. The second kappa shape index (κ2) is 10.7. The summed E-state index contributed by atoms with van der Waals surface area (Å²) in [6.45, 7) is 1.69. The van der Waals surface area contributed by atoms with Crippen LogP contribution in [-0.2, 0) is 10.0 Å². The Labute approximate surface area is 197 Å². The highest BCUT2D eigenvalue weighted by atomic mass is 35.5. The smallest absolute Gasteiger partial charge is 0.276 e. The van der Waals surface area contributed by atoms with Gasteiger partial charge in [-0.1, -0.05) is 35.9 Å². The average molecular weight is 494 g/mol. The minimum atomic E-state index is -3.51. The van der Waals surface area contributed by atoms with E-state index in [1.807, 2.05) is 12.1 Å². The summed E-state index contributed by atoms with van der Waals surface area (Å²) in [6, 6.07) is 13.9. The number of hydrogen-bond acceptors (Lipinski definition) is 7. The van der Waals surface area contributed by atoms with E-state index in [1.165, 1.54) is 11.8 Å². The molecule has 0 spiro atoms. The zero-order chi connectivity index (χ0) is 22.4. The van der Waals surface area contributed by atoms with Gasteiger partial charge in [0.25, 0.3) is 5.22 Å². The van der Waals surface area contributed by atoms with Gasteiger partial charge in [0, 0.05) is 29.4 Å². The molecule has 0 unspecified atom stereocenters. The van der Waals surface area contributed by atoms with Crippen LogP contribution in [-0.4, -0.2) is 48.4 Å². The summed E-state index contributed by atoms with van der Waals surface area (Å²) in [5.74, 6) is 1.83. The second-order valence-corrected chi connectivity index (χ2v) is 10.8. The average Bonchev–Trinajstić information content (AvgIpc) is 3.30. The molecule has 0 bridgehead atoms. The van der Waals surface area contributed by atoms with Crippen molar-refractivity contribution in [2.45, 2.75) is 35.8 Å². The summed E-state index contributed by atoms with van der Waals surface area (Å²) in [6.07, 6.45) is 3.66. The fraction of sp³-hybridized carbons (Fsp3) is 0.364. The molecule has 3 aromatic rings. The molecule has 4 rings (SSSR count). The Balaban J connectivity index is 1.32. The van der Waals surface area contributed by atoms with Crippen LogP contribution in [0, 0.1) is 0 Å². The van der Waals surface area contributed by atoms with Gasteiger partial charge in [-0.25, -0.2) is 8.42 Å². The maximum Gasteiger partial charge on any atom is 0.276 e. The molecule has 0 amide bonds. The van der Waals surface area contributed by atoms with Gasteiger partial charge >= 0.3 is 0 Å². The van der Waals surface area contributed by atoms with Gasteiger partial charge in [-0.05, 0) is 61.7 Å². The maximum absolute atomic E-state index is 12.9. The Morgan fingerprint density at radius 1 is 1.06 bits per heavy atom. The highest BCUT2D eigenvalue weighted by Crippen LogP contribution is 2.27. The maximum atomic E-state index is 12.9. The molecule has 0 N–H and O–H groups in total. The number of aromatic nitrogens is 2. The van der Waals surface area contributed by atoms with Crippen LogP contribution in [0.25, 0.3) is 11.5 Å². The molecule has 1 aliphatic heterocycles. The first-order valence-electron chi connectivity index (χ1n) is 10.5. The lowest BCUT2D eigenvalue weighted by molar-refractivity contribution is 0.318. The van der Waals surface area contributed by atoms with Crippen LogP contribution in [0.3, 0.4) is 0 Å². The fourth-order valence-corrected chi connectivity index (χ4v) is 5.73. The highest BCUT2D eigenvalue weighted by molar-refractivity contribution is 7.99. The van der Waals surface area contributed by atoms with Gasteiger partial charge in [-0.15, -0.1) is 10.2 Å². The van der Waals surface area contributed by atoms with E-state index in [1.54, 1.807) is 40.7 Å². The largest absolute Gasteiger partial charge is 0.494 e. The normalized spacial score (nSPS) is 15.0. The van der Waals surface area contributed by atoms with Crippen LogP contribution in [0.2, 0.25) is 5.02 Å². The zero-order valence-electron chi connectivity index (χ0n) is 17.4. The third kappa shape index (κ3) is 5.83. The van der Waals surface area contributed by atoms with Gasteiger partial charge in [0.2, 0.25) is 15.9 Å². The number of ether oxygens (including phenoxy) is 1. The molecule has 2 heterocycles. The van der Waals surface area contributed by atoms with E-state index < -0.39 is 10.0 Å². The predicted octanol–water partition coefficient (Wildman–Crippen LogP) is 5.13. The second-order valence-electron chi connectivity index (χ2n) is 7.37. The van der Waals surface area contributed by atoms with Crippen LogP contribution in [0.1, 0.15) is 25.7 Å². The van der Waals surface area contributed by atoms with Gasteiger partial charge in [0.05, 0.1) is 11.5 Å². The van der Waals surface area contributed by atoms with E-state index in [4.69, 9.17) is 20.8 Å². The van der Waals surface area contributed by atoms with Crippen LogP contribution in [0.15, 0.2) is 63.1 Å². The molecular formula is C22H24ClN3O4S2. The topological polar surface area (TPSA) is 85.5 Å². The molecule has 0 saturated carbocycles. The summed E-state index contributed by atoms with van der Waals surface area (Å²) in [4.78, 5) is 0.253. The minimum Gasteiger partial charge on any atom is -0.494 e. The number of thioether (sulfide) groups is 1. The first-order chi connectivity index (χ1) is 15.5. The molecule has 170 valence electrons. The van der Waals surface area contributed by atoms with Crippen molar-refractivity contribution in [3.63, 3.8) is 0 Å². The van der Waals surface area contributed by atoms with E-state index >= 15 is 0 Å². The van der Waals surface area contributed by atoms with Crippen molar-refractivity contribution in [3.05, 3.63) is 53.6 Å². The van der Waals surface area contributed by atoms with Gasteiger partial charge in [-0.3, -0.25) is 0 Å². The third-order valence-electron chi connectivity index (χ3n) is 5.04. The van der Waals surface area contributed by atoms with E-state index in [-0.39, 0.29) is 4.90 Å². The van der Waals surface area contributed by atoms with Crippen molar-refractivity contribution in [2.24, 2.45) is 0 Å². The Hall–Kier alpha value is -2.07. The molecule has 7 nitrogen and oxygen atoms in total. The lowest BCUT2D eigenvalue weighted by Gasteiger charge is -2.25. The van der Waals surface area contributed by atoms with Crippen molar-refractivity contribution in [1.82, 2.24) is 14.5 Å². The number of hydrogen-bond donors (Lipinski definition) is 0. The standard InChI is InChI=1S/C22H24ClN3O4S2/c23-18-8-10-19(11-9-18)29-14-5-15-31-22-25-24-21(30-22)17-6-4-7-20(16-17)32(27,28)26-12-2-1-3-13-26/h4,6-11,16H,1-3,5,12-15H2. The Bertz CT molecular complexity index is 1130. The molecule has 1 saturated heterocycles. The Morgan fingerprint density at radius 2 is 1.84 bits per heavy atom. The lowest BCUT2D eigenvalue weighted by Crippen LogP contribution is -2.35. The number of nitrogens with zero attached hydrogens (tertiary/aromatic N) is 3. The number of halogens is 1. The molecule has 0 aliphatic carbocycles. The van der Waals surface area contributed by atoms with Crippen LogP contribution >= 0.6 is 23.4 Å². The predicted molar refractivity (Wildman–Crippen MR) is 125 cm³/mol. The SMILES string of the molecule is O=S(=O)(c1cccc(-c2nnc(SCCCOc3ccc(Cl)cc3)o2)c1)N1CCCCC1. The lowest BCUT2D eigenvalue weighted by atomic mass is 10.2. The number of rotatable bonds is 9. The third-order valence-corrected chi connectivity index (χ3v) is 8.09. The van der Waals surface area contributed by atoms with Gasteiger partial charge in [-0.2, -0.15) is 4.31 Å². The Kier molecular flexibility index (Phi) is 7.72. The highest BCUT2D eigenvalue weighted by Gasteiger charge is 2.26. The van der Waals surface area contributed by atoms with Crippen LogP contribution < -0.4 is 4.74 Å². The molecule has 1 fully saturated rings. The quantitative estimate of drug-likeness (QED) is 0.302. The van der Waals surface area contributed by atoms with Gasteiger partial charge in [0.15, 0.2) is 0 Å². The molecule has 1 aromatic heterocycles. The van der Waals surface area contributed by atoms with E-state index in [0.717, 1.165) is 37.2 Å². The fourth-order valence-electron chi connectivity index (χ4n) is 3.37. The molecular weight excluding hydrogens is 470 g/mol. The van der Waals surface area contributed by atoms with Gasteiger partial charge in [0.1, 0.15) is 5.75 Å². The van der Waals surface area contributed by atoms with E-state index in [9.17, 15) is 8.42 Å². The van der Waals surface area contributed by atoms with Gasteiger partial charge < -0.3 is 9.15 Å². The van der Waals surface area contributed by atoms with Crippen molar-refractivity contribution in [3.8, 4) is 17.2 Å². The van der Waals surface area contributed by atoms with Crippen molar-refractivity contribution in [1.29, 1.82) is 0 Å². The molecule has 0 atom stereocenters. The summed E-state index contributed by atoms with van der Waals surface area (Å²) in [5, 5.41) is 9.27. The zero-order valence-corrected chi connectivity index (χ0v) is 19.8. The van der Waals surface area contributed by atoms with E-state index in [0.29, 0.717) is 41.4 Å². The van der Waals surface area contributed by atoms with Crippen LogP contribution in [0.4, 0.5) is 0 Å². The number of piperidine rings is 1. The number of sulfonamides is 1. The first-order valence-corrected chi connectivity index (χ1v) is 13.3. The van der Waals surface area contributed by atoms with Crippen molar-refractivity contribution >= 4 is 33.4 Å². The van der Waals surface area contributed by atoms with E-state index in [2.05, 4.69) is 10.2 Å². The van der Waals surface area contributed by atoms with Crippen molar-refractivity contribution < 1.29 is 17.6 Å². The van der Waals surface area contributed by atoms with Crippen LogP contribution in [0.5, 0.6) is 5.75 Å². The summed E-state index contributed by atoms with van der Waals surface area (Å²) >= 11 is 7.30. The Morgan fingerprint density at radius 3 is 2.62 bits per heavy atom. The molecule has 2 aromatic carbocycles. The molecule has 10 heteroatoms. The monoisotopic (exact) mass is 493 g/mol. The summed E-state index contributed by atoms with van der Waals surface area (Å²) in [7, 11) is -3.51. The number of benzene rings is 2. The minimum absolute atomic E-state index is 0.253.